The highest BCUT2D eigenvalue weighted by Crippen LogP contribution is 2.26. The third-order valence-electron chi connectivity index (χ3n) is 2.54. The molecule has 3 nitrogen and oxygen atoms in total. The average molecular weight is 224 g/mol. The number of aliphatic hydroxyl groups excluding tert-OH is 1. The van der Waals surface area contributed by atoms with Crippen molar-refractivity contribution < 1.29 is 14.6 Å². The molecular formula is C13H20O3. The Morgan fingerprint density at radius 1 is 1.31 bits per heavy atom. The summed E-state index contributed by atoms with van der Waals surface area (Å²) < 4.78 is 10.7. The molecule has 1 rings (SSSR count). The standard InChI is InChI=1S/C13H20O3/c1-4-12(14)11-7-5-6-8-13(11)16-9-10(2)15-3/h5-8,10,12,14H,4,9H2,1-3H3/t10?,12-/m1/s1. The van der Waals surface area contributed by atoms with Gasteiger partial charge in [-0.1, -0.05) is 25.1 Å². The van der Waals surface area contributed by atoms with E-state index in [0.29, 0.717) is 13.0 Å². The van der Waals surface area contributed by atoms with Crippen molar-refractivity contribution in [2.24, 2.45) is 0 Å². The molecule has 0 amide bonds. The molecule has 0 aliphatic rings. The fraction of sp³-hybridized carbons (Fsp3) is 0.538. The maximum absolute atomic E-state index is 9.82. The minimum atomic E-state index is -0.464. The Kier molecular flexibility index (Phi) is 5.29. The molecule has 1 unspecified atom stereocenters. The van der Waals surface area contributed by atoms with Crippen molar-refractivity contribution in [2.45, 2.75) is 32.5 Å². The Bertz CT molecular complexity index is 312. The van der Waals surface area contributed by atoms with E-state index in [4.69, 9.17) is 9.47 Å². The predicted molar refractivity (Wildman–Crippen MR) is 63.7 cm³/mol. The molecule has 0 aliphatic heterocycles. The van der Waals surface area contributed by atoms with Crippen LogP contribution in [-0.2, 0) is 4.74 Å². The molecule has 0 saturated heterocycles. The zero-order valence-electron chi connectivity index (χ0n) is 10.1. The number of hydrogen-bond donors (Lipinski definition) is 1. The summed E-state index contributed by atoms with van der Waals surface area (Å²) >= 11 is 0. The third-order valence-corrected chi connectivity index (χ3v) is 2.54. The predicted octanol–water partition coefficient (Wildman–Crippen LogP) is 2.54. The fourth-order valence-corrected chi connectivity index (χ4v) is 1.38. The quantitative estimate of drug-likeness (QED) is 0.807. The monoisotopic (exact) mass is 224 g/mol. The Morgan fingerprint density at radius 3 is 2.62 bits per heavy atom. The summed E-state index contributed by atoms with van der Waals surface area (Å²) in [4.78, 5) is 0. The van der Waals surface area contributed by atoms with E-state index in [1.54, 1.807) is 7.11 Å². The smallest absolute Gasteiger partial charge is 0.125 e. The van der Waals surface area contributed by atoms with Crippen LogP contribution >= 0.6 is 0 Å². The molecule has 0 saturated carbocycles. The van der Waals surface area contributed by atoms with E-state index in [1.807, 2.05) is 38.1 Å². The molecule has 16 heavy (non-hydrogen) atoms. The minimum absolute atomic E-state index is 0.0480. The van der Waals surface area contributed by atoms with Gasteiger partial charge >= 0.3 is 0 Å². The molecule has 0 heterocycles. The van der Waals surface area contributed by atoms with Crippen molar-refractivity contribution >= 4 is 0 Å². The van der Waals surface area contributed by atoms with Crippen LogP contribution in [0.4, 0.5) is 0 Å². The summed E-state index contributed by atoms with van der Waals surface area (Å²) in [6, 6.07) is 7.57. The van der Waals surface area contributed by atoms with Crippen LogP contribution in [0.15, 0.2) is 24.3 Å². The lowest BCUT2D eigenvalue weighted by molar-refractivity contribution is 0.0695. The van der Waals surface area contributed by atoms with Gasteiger partial charge in [-0.15, -0.1) is 0 Å². The van der Waals surface area contributed by atoms with Gasteiger partial charge in [0.05, 0.1) is 12.2 Å². The Morgan fingerprint density at radius 2 is 2.00 bits per heavy atom. The maximum Gasteiger partial charge on any atom is 0.125 e. The molecule has 90 valence electrons. The summed E-state index contributed by atoms with van der Waals surface area (Å²) in [5.41, 5.74) is 0.841. The van der Waals surface area contributed by atoms with E-state index in [-0.39, 0.29) is 6.10 Å². The van der Waals surface area contributed by atoms with Crippen LogP contribution in [0.25, 0.3) is 0 Å². The highest BCUT2D eigenvalue weighted by Gasteiger charge is 2.11. The number of hydrogen-bond acceptors (Lipinski definition) is 3. The lowest BCUT2D eigenvalue weighted by atomic mass is 10.1. The molecule has 0 fully saturated rings. The molecular weight excluding hydrogens is 204 g/mol. The van der Waals surface area contributed by atoms with Gasteiger partial charge in [0.1, 0.15) is 12.4 Å². The Hall–Kier alpha value is -1.06. The molecule has 1 aromatic rings. The Labute approximate surface area is 97.0 Å². The number of para-hydroxylation sites is 1. The second-order valence-corrected chi connectivity index (χ2v) is 3.82. The van der Waals surface area contributed by atoms with Crippen molar-refractivity contribution in [3.63, 3.8) is 0 Å². The molecule has 0 spiro atoms. The van der Waals surface area contributed by atoms with Gasteiger partial charge in [0.15, 0.2) is 0 Å². The van der Waals surface area contributed by atoms with E-state index < -0.39 is 6.10 Å². The van der Waals surface area contributed by atoms with Crippen molar-refractivity contribution in [2.75, 3.05) is 13.7 Å². The van der Waals surface area contributed by atoms with Crippen LogP contribution in [0.1, 0.15) is 31.9 Å². The molecule has 3 heteroatoms. The molecule has 2 atom stereocenters. The van der Waals surface area contributed by atoms with E-state index in [1.165, 1.54) is 0 Å². The first-order valence-electron chi connectivity index (χ1n) is 5.61. The number of ether oxygens (including phenoxy) is 2. The van der Waals surface area contributed by atoms with Gasteiger partial charge in [-0.05, 0) is 19.4 Å². The number of methoxy groups -OCH3 is 1. The van der Waals surface area contributed by atoms with Gasteiger partial charge in [-0.2, -0.15) is 0 Å². The van der Waals surface area contributed by atoms with Gasteiger partial charge < -0.3 is 14.6 Å². The fourth-order valence-electron chi connectivity index (χ4n) is 1.38. The van der Waals surface area contributed by atoms with Gasteiger partial charge in [-0.25, -0.2) is 0 Å². The highest BCUT2D eigenvalue weighted by molar-refractivity contribution is 5.35. The van der Waals surface area contributed by atoms with E-state index in [9.17, 15) is 5.11 Å². The second kappa shape index (κ2) is 6.51. The maximum atomic E-state index is 9.82. The van der Waals surface area contributed by atoms with Crippen molar-refractivity contribution in [3.05, 3.63) is 29.8 Å². The zero-order valence-corrected chi connectivity index (χ0v) is 10.1. The number of rotatable bonds is 6. The summed E-state index contributed by atoms with van der Waals surface area (Å²) in [6.07, 6.45) is 0.265. The first-order chi connectivity index (χ1) is 7.69. The van der Waals surface area contributed by atoms with Crippen molar-refractivity contribution in [3.8, 4) is 5.75 Å². The van der Waals surface area contributed by atoms with E-state index in [2.05, 4.69) is 0 Å². The van der Waals surface area contributed by atoms with Crippen molar-refractivity contribution in [1.29, 1.82) is 0 Å². The van der Waals surface area contributed by atoms with Gasteiger partial charge in [-0.3, -0.25) is 0 Å². The van der Waals surface area contributed by atoms with Gasteiger partial charge in [0.25, 0.3) is 0 Å². The third kappa shape index (κ3) is 3.51. The summed E-state index contributed by atoms with van der Waals surface area (Å²) in [6.45, 7) is 4.38. The van der Waals surface area contributed by atoms with Crippen LogP contribution in [0, 0.1) is 0 Å². The number of benzene rings is 1. The van der Waals surface area contributed by atoms with Gasteiger partial charge in [0, 0.05) is 12.7 Å². The number of aliphatic hydroxyl groups is 1. The summed E-state index contributed by atoms with van der Waals surface area (Å²) in [5, 5.41) is 9.82. The highest BCUT2D eigenvalue weighted by atomic mass is 16.5. The first-order valence-corrected chi connectivity index (χ1v) is 5.61. The van der Waals surface area contributed by atoms with E-state index >= 15 is 0 Å². The second-order valence-electron chi connectivity index (χ2n) is 3.82. The molecule has 0 bridgehead atoms. The summed E-state index contributed by atoms with van der Waals surface area (Å²) in [7, 11) is 1.65. The lowest BCUT2D eigenvalue weighted by Gasteiger charge is -2.16. The van der Waals surface area contributed by atoms with Gasteiger partial charge in [0.2, 0.25) is 0 Å². The SMILES string of the molecule is CC[C@@H](O)c1ccccc1OCC(C)OC. The minimum Gasteiger partial charge on any atom is -0.491 e. The average Bonchev–Trinajstić information content (AvgIpc) is 2.35. The van der Waals surface area contributed by atoms with Crippen LogP contribution in [0.2, 0.25) is 0 Å². The molecule has 1 aromatic carbocycles. The van der Waals surface area contributed by atoms with Crippen LogP contribution in [-0.4, -0.2) is 24.9 Å². The van der Waals surface area contributed by atoms with Crippen LogP contribution in [0.3, 0.4) is 0 Å². The molecule has 1 N–H and O–H groups in total. The topological polar surface area (TPSA) is 38.7 Å². The normalized spacial score (nSPS) is 14.5. The largest absolute Gasteiger partial charge is 0.491 e. The van der Waals surface area contributed by atoms with Crippen molar-refractivity contribution in [1.82, 2.24) is 0 Å². The summed E-state index contributed by atoms with van der Waals surface area (Å²) in [5.74, 6) is 0.737. The lowest BCUT2D eigenvalue weighted by Crippen LogP contribution is -2.16. The van der Waals surface area contributed by atoms with Crippen LogP contribution < -0.4 is 4.74 Å². The van der Waals surface area contributed by atoms with E-state index in [0.717, 1.165) is 11.3 Å². The zero-order chi connectivity index (χ0) is 12.0. The Balaban J connectivity index is 2.71. The first kappa shape index (κ1) is 13.0. The van der Waals surface area contributed by atoms with Crippen LogP contribution in [0.5, 0.6) is 5.75 Å². The molecule has 0 radical (unpaired) electrons. The molecule has 0 aliphatic carbocycles. The molecule has 0 aromatic heterocycles.